The van der Waals surface area contributed by atoms with Gasteiger partial charge in [0.05, 0.1) is 10.5 Å². The minimum atomic E-state index is -4.80. The molecule has 2 aromatic rings. The third-order valence-corrected chi connectivity index (χ3v) is 10.5. The van der Waals surface area contributed by atoms with Crippen molar-refractivity contribution in [3.05, 3.63) is 69.3 Å². The van der Waals surface area contributed by atoms with E-state index in [1.807, 2.05) is 11.9 Å². The van der Waals surface area contributed by atoms with Gasteiger partial charge in [0, 0.05) is 61.9 Å². The number of rotatable bonds is 8. The number of hydrogen-bond donors (Lipinski definition) is 1. The maximum atomic E-state index is 13.5. The van der Waals surface area contributed by atoms with Gasteiger partial charge in [0.25, 0.3) is 5.69 Å². The molecule has 4 aliphatic rings. The van der Waals surface area contributed by atoms with Crippen molar-refractivity contribution >= 4 is 17.3 Å². The molecule has 6 rings (SSSR count). The fourth-order valence-electron chi connectivity index (χ4n) is 7.82. The molecule has 45 heavy (non-hydrogen) atoms. The highest BCUT2D eigenvalue weighted by Gasteiger charge is 2.79. The molecule has 244 valence electrons. The maximum Gasteiger partial charge on any atom is 0.423 e. The van der Waals surface area contributed by atoms with Gasteiger partial charge in [-0.05, 0) is 92.7 Å². The van der Waals surface area contributed by atoms with E-state index in [0.29, 0.717) is 23.9 Å². The second kappa shape index (κ2) is 11.5. The summed E-state index contributed by atoms with van der Waals surface area (Å²) in [6.07, 6.45) is -3.38. The van der Waals surface area contributed by atoms with E-state index >= 15 is 0 Å². The first kappa shape index (κ1) is 31.6. The Morgan fingerprint density at radius 2 is 1.60 bits per heavy atom. The first-order valence-electron chi connectivity index (χ1n) is 15.5. The van der Waals surface area contributed by atoms with Crippen molar-refractivity contribution in [1.29, 1.82) is 0 Å². The average molecular weight is 639 g/mol. The van der Waals surface area contributed by atoms with E-state index in [4.69, 9.17) is 0 Å². The molecule has 4 fully saturated rings. The zero-order valence-corrected chi connectivity index (χ0v) is 24.8. The van der Waals surface area contributed by atoms with E-state index in [1.165, 1.54) is 18.2 Å². The molecule has 0 aromatic heterocycles. The van der Waals surface area contributed by atoms with Gasteiger partial charge >= 0.3 is 12.4 Å². The lowest BCUT2D eigenvalue weighted by Gasteiger charge is -2.37. The number of piperidine rings is 1. The number of nitro groups is 1. The number of halogens is 6. The van der Waals surface area contributed by atoms with Crippen LogP contribution >= 0.6 is 0 Å². The third-order valence-electron chi connectivity index (χ3n) is 10.5. The Bertz CT molecular complexity index is 1430. The van der Waals surface area contributed by atoms with Crippen LogP contribution in [0.2, 0.25) is 0 Å². The molecule has 2 aliphatic heterocycles. The van der Waals surface area contributed by atoms with E-state index in [9.17, 15) is 41.3 Å². The number of nitrogens with one attached hydrogen (secondary N) is 1. The van der Waals surface area contributed by atoms with Crippen molar-refractivity contribution in [2.45, 2.75) is 74.8 Å². The van der Waals surface area contributed by atoms with Crippen LogP contribution in [0.1, 0.15) is 67.6 Å². The van der Waals surface area contributed by atoms with Crippen LogP contribution in [0.5, 0.6) is 0 Å². The Morgan fingerprint density at radius 3 is 2.16 bits per heavy atom. The second-order valence-electron chi connectivity index (χ2n) is 13.3. The minimum Gasteiger partial charge on any atom is -0.372 e. The highest BCUT2D eigenvalue weighted by atomic mass is 19.4. The predicted molar refractivity (Wildman–Crippen MR) is 155 cm³/mol. The summed E-state index contributed by atoms with van der Waals surface area (Å²) in [7, 11) is 1.84. The number of hydrogen-bond acceptors (Lipinski definition) is 5. The zero-order valence-electron chi connectivity index (χ0n) is 24.8. The van der Waals surface area contributed by atoms with Crippen molar-refractivity contribution in [3.63, 3.8) is 0 Å². The van der Waals surface area contributed by atoms with Crippen molar-refractivity contribution in [3.8, 4) is 0 Å². The molecule has 3 atom stereocenters. The van der Waals surface area contributed by atoms with Crippen LogP contribution in [-0.2, 0) is 17.1 Å². The van der Waals surface area contributed by atoms with Crippen molar-refractivity contribution in [2.75, 3.05) is 31.6 Å². The molecule has 13 heteroatoms. The maximum absolute atomic E-state index is 13.5. The van der Waals surface area contributed by atoms with E-state index in [0.717, 1.165) is 88.0 Å². The molecule has 0 spiro atoms. The number of nitro benzene ring substituents is 1. The summed E-state index contributed by atoms with van der Waals surface area (Å²) in [5.74, 6) is 0.668. The van der Waals surface area contributed by atoms with E-state index < -0.39 is 34.1 Å². The second-order valence-corrected chi connectivity index (χ2v) is 13.3. The molecule has 2 saturated carbocycles. The summed E-state index contributed by atoms with van der Waals surface area (Å²) in [5, 5.41) is 14.5. The van der Waals surface area contributed by atoms with Crippen LogP contribution in [-0.4, -0.2) is 54.0 Å². The molecular formula is C32H36F6N4O3. The molecule has 0 bridgehead atoms. The number of amides is 1. The van der Waals surface area contributed by atoms with Crippen LogP contribution in [0.3, 0.4) is 0 Å². The summed E-state index contributed by atoms with van der Waals surface area (Å²) in [6, 6.07) is 8.66. The van der Waals surface area contributed by atoms with Crippen LogP contribution in [0.25, 0.3) is 0 Å². The lowest BCUT2D eigenvalue weighted by Crippen LogP contribution is -2.42. The molecule has 3 unspecified atom stereocenters. The van der Waals surface area contributed by atoms with Crippen molar-refractivity contribution < 1.29 is 36.1 Å². The van der Waals surface area contributed by atoms with Gasteiger partial charge in [-0.1, -0.05) is 6.07 Å². The van der Waals surface area contributed by atoms with E-state index in [-0.39, 0.29) is 29.3 Å². The van der Waals surface area contributed by atoms with Crippen LogP contribution in [0.4, 0.5) is 37.7 Å². The molecule has 0 radical (unpaired) electrons. The van der Waals surface area contributed by atoms with Gasteiger partial charge in [-0.25, -0.2) is 0 Å². The predicted octanol–water partition coefficient (Wildman–Crippen LogP) is 7.01. The summed E-state index contributed by atoms with van der Waals surface area (Å²) < 4.78 is 79.1. The average Bonchev–Trinajstić information content (AvgIpc) is 3.86. The summed E-state index contributed by atoms with van der Waals surface area (Å²) in [4.78, 5) is 27.3. The topological polar surface area (TPSA) is 88.6 Å². The van der Waals surface area contributed by atoms with E-state index in [2.05, 4.69) is 10.2 Å². The Hall–Kier alpha value is -3.35. The molecule has 1 N–H and O–H groups in total. The minimum absolute atomic E-state index is 0.0574. The SMILES string of the molecule is CN(CC1CCN(c2ccc(C(F)(F)F)cc2)CC1)C(=O)C1CCC(CC23NC2C3c2ccc([N+](=O)[O-])c(C(F)(F)F)c2)CC1. The molecule has 2 aromatic carbocycles. The molecule has 2 aliphatic carbocycles. The fraction of sp³-hybridized carbons (Fsp3) is 0.594. The Labute approximate surface area is 257 Å². The lowest BCUT2D eigenvalue weighted by atomic mass is 9.78. The summed E-state index contributed by atoms with van der Waals surface area (Å²) >= 11 is 0. The van der Waals surface area contributed by atoms with Gasteiger partial charge in [0.15, 0.2) is 0 Å². The quantitative estimate of drug-likeness (QED) is 0.146. The first-order valence-corrected chi connectivity index (χ1v) is 15.5. The number of nitrogens with zero attached hydrogens (tertiary/aromatic N) is 3. The van der Waals surface area contributed by atoms with Gasteiger partial charge in [-0.2, -0.15) is 26.3 Å². The molecule has 1 amide bonds. The van der Waals surface area contributed by atoms with E-state index in [1.54, 1.807) is 0 Å². The third kappa shape index (κ3) is 6.37. The number of anilines is 1. The van der Waals surface area contributed by atoms with Crippen LogP contribution in [0.15, 0.2) is 42.5 Å². The normalized spacial score (nSPS) is 28.4. The van der Waals surface area contributed by atoms with Crippen LogP contribution in [0, 0.1) is 27.9 Å². The largest absolute Gasteiger partial charge is 0.423 e. The number of carbonyl (C=O) groups excluding carboxylic acids is 1. The molecule has 2 saturated heterocycles. The number of carbonyl (C=O) groups is 1. The molecular weight excluding hydrogens is 602 g/mol. The monoisotopic (exact) mass is 638 g/mol. The zero-order chi connectivity index (χ0) is 32.3. The highest BCUT2D eigenvalue weighted by Crippen LogP contribution is 2.67. The highest BCUT2D eigenvalue weighted by molar-refractivity contribution is 5.78. The summed E-state index contributed by atoms with van der Waals surface area (Å²) in [5.41, 5.74) is -1.80. The summed E-state index contributed by atoms with van der Waals surface area (Å²) in [6.45, 7) is 2.09. The van der Waals surface area contributed by atoms with Crippen molar-refractivity contribution in [2.24, 2.45) is 17.8 Å². The smallest absolute Gasteiger partial charge is 0.372 e. The molecule has 2 heterocycles. The van der Waals surface area contributed by atoms with Crippen LogP contribution < -0.4 is 10.2 Å². The van der Waals surface area contributed by atoms with Gasteiger partial charge in [0.2, 0.25) is 5.91 Å². The fourth-order valence-corrected chi connectivity index (χ4v) is 7.82. The number of fused-ring (bicyclic) bond motifs is 1. The standard InChI is InChI=1S/C32H36F6N4O3/c1-40(18-20-12-14-41(15-13-20)24-9-7-23(8-10-24)31(33,34)35)29(43)21-4-2-19(3-5-21)17-30-27(28(30)39-30)22-6-11-26(42(44)45)25(16-22)32(36,37)38/h6-11,16,19-21,27-28,39H,2-5,12-15,17-18H2,1H3. The number of benzene rings is 2. The Balaban J connectivity index is 0.950. The molecule has 7 nitrogen and oxygen atoms in total. The lowest BCUT2D eigenvalue weighted by molar-refractivity contribution is -0.388. The van der Waals surface area contributed by atoms with Crippen molar-refractivity contribution in [1.82, 2.24) is 10.2 Å². The van der Waals surface area contributed by atoms with Gasteiger partial charge in [-0.15, -0.1) is 0 Å². The Morgan fingerprint density at radius 1 is 0.956 bits per heavy atom. The first-order chi connectivity index (χ1) is 21.2. The number of alkyl halides is 6. The van der Waals surface area contributed by atoms with Gasteiger partial charge < -0.3 is 15.1 Å². The van der Waals surface area contributed by atoms with Gasteiger partial charge in [-0.3, -0.25) is 14.9 Å². The Kier molecular flexibility index (Phi) is 8.06. The van der Waals surface area contributed by atoms with Gasteiger partial charge in [0.1, 0.15) is 5.56 Å².